The number of hydrogen-bond donors (Lipinski definition) is 1. The van der Waals surface area contributed by atoms with Crippen molar-refractivity contribution in [2.45, 2.75) is 38.3 Å². The van der Waals surface area contributed by atoms with Gasteiger partial charge in [-0.05, 0) is 13.8 Å². The summed E-state index contributed by atoms with van der Waals surface area (Å²) >= 11 is 0. The van der Waals surface area contributed by atoms with Crippen molar-refractivity contribution in [2.75, 3.05) is 6.61 Å². The summed E-state index contributed by atoms with van der Waals surface area (Å²) in [6, 6.07) is 0. The number of ketones is 1. The minimum absolute atomic E-state index is 0.00759. The van der Waals surface area contributed by atoms with Gasteiger partial charge in [-0.3, -0.25) is 4.79 Å². The van der Waals surface area contributed by atoms with E-state index in [1.807, 2.05) is 0 Å². The molecule has 0 aromatic rings. The maximum atomic E-state index is 11.4. The lowest BCUT2D eigenvalue weighted by Crippen LogP contribution is -2.27. The Morgan fingerprint density at radius 3 is 2.85 bits per heavy atom. The van der Waals surface area contributed by atoms with E-state index >= 15 is 0 Å². The third-order valence-electron chi connectivity index (χ3n) is 2.61. The fourth-order valence-electron chi connectivity index (χ4n) is 2.04. The fraction of sp³-hybridized carbons (Fsp3) is 0.889. The summed E-state index contributed by atoms with van der Waals surface area (Å²) in [7, 11) is 0. The number of carbonyl (C=O) groups is 1. The molecule has 4 nitrogen and oxygen atoms in total. The number of aliphatic hydroxyl groups is 1. The van der Waals surface area contributed by atoms with Crippen molar-refractivity contribution < 1.29 is 19.4 Å². The van der Waals surface area contributed by atoms with Gasteiger partial charge in [-0.25, -0.2) is 0 Å². The summed E-state index contributed by atoms with van der Waals surface area (Å²) in [4.78, 5) is 11.4. The molecule has 2 rings (SSSR count). The van der Waals surface area contributed by atoms with Crippen LogP contribution in [0.2, 0.25) is 0 Å². The van der Waals surface area contributed by atoms with Gasteiger partial charge in [0.25, 0.3) is 0 Å². The minimum Gasteiger partial charge on any atom is -0.396 e. The topological polar surface area (TPSA) is 55.8 Å². The van der Waals surface area contributed by atoms with Crippen molar-refractivity contribution in [1.29, 1.82) is 0 Å². The second kappa shape index (κ2) is 2.77. The Kier molecular flexibility index (Phi) is 1.94. The molecule has 1 unspecified atom stereocenters. The maximum absolute atomic E-state index is 11.4. The molecule has 2 fully saturated rings. The summed E-state index contributed by atoms with van der Waals surface area (Å²) in [5, 5.41) is 9.01. The molecule has 3 atom stereocenters. The van der Waals surface area contributed by atoms with E-state index in [0.717, 1.165) is 0 Å². The lowest BCUT2D eigenvalue weighted by atomic mass is 10.1. The highest BCUT2D eigenvalue weighted by Gasteiger charge is 2.53. The normalized spacial score (nSPS) is 42.4. The number of fused-ring (bicyclic) bond motifs is 1. The van der Waals surface area contributed by atoms with Gasteiger partial charge >= 0.3 is 0 Å². The molecule has 1 saturated heterocycles. The Labute approximate surface area is 76.8 Å². The van der Waals surface area contributed by atoms with Crippen molar-refractivity contribution in [2.24, 2.45) is 5.92 Å². The fourth-order valence-corrected chi connectivity index (χ4v) is 2.04. The highest BCUT2D eigenvalue weighted by molar-refractivity contribution is 5.86. The first kappa shape index (κ1) is 9.12. The van der Waals surface area contributed by atoms with Crippen LogP contribution in [0.3, 0.4) is 0 Å². The SMILES string of the molecule is CC1(C)OC2C(=O)C[C@H](CO)[C@@H]2O1. The van der Waals surface area contributed by atoms with E-state index < -0.39 is 11.9 Å². The Bertz CT molecular complexity index is 236. The number of carbonyl (C=O) groups excluding carboxylic acids is 1. The molecule has 0 aromatic carbocycles. The Hall–Kier alpha value is -0.450. The molecule has 13 heavy (non-hydrogen) atoms. The predicted molar refractivity (Wildman–Crippen MR) is 44.0 cm³/mol. The van der Waals surface area contributed by atoms with Crippen LogP contribution in [0.15, 0.2) is 0 Å². The molecule has 4 heteroatoms. The number of rotatable bonds is 1. The first-order chi connectivity index (χ1) is 6.03. The van der Waals surface area contributed by atoms with Crippen LogP contribution in [0, 0.1) is 5.92 Å². The Morgan fingerprint density at radius 1 is 1.54 bits per heavy atom. The van der Waals surface area contributed by atoms with Gasteiger partial charge in [-0.15, -0.1) is 0 Å². The lowest BCUT2D eigenvalue weighted by molar-refractivity contribution is -0.164. The quantitative estimate of drug-likeness (QED) is 0.630. The molecule has 1 saturated carbocycles. The van der Waals surface area contributed by atoms with E-state index in [1.54, 1.807) is 13.8 Å². The second-order valence-electron chi connectivity index (χ2n) is 4.13. The monoisotopic (exact) mass is 186 g/mol. The van der Waals surface area contributed by atoms with E-state index in [4.69, 9.17) is 14.6 Å². The molecule has 1 aliphatic heterocycles. The number of hydrogen-bond acceptors (Lipinski definition) is 4. The van der Waals surface area contributed by atoms with Gasteiger partial charge in [0.2, 0.25) is 0 Å². The summed E-state index contributed by atoms with van der Waals surface area (Å²) < 4.78 is 11.0. The summed E-state index contributed by atoms with van der Waals surface area (Å²) in [6.07, 6.45) is -0.318. The average molecular weight is 186 g/mol. The molecule has 0 bridgehead atoms. The summed E-state index contributed by atoms with van der Waals surface area (Å²) in [5.74, 6) is -0.715. The van der Waals surface area contributed by atoms with Gasteiger partial charge in [0.1, 0.15) is 6.10 Å². The summed E-state index contributed by atoms with van der Waals surface area (Å²) in [6.45, 7) is 3.56. The van der Waals surface area contributed by atoms with Crippen LogP contribution in [-0.2, 0) is 14.3 Å². The van der Waals surface area contributed by atoms with Crippen LogP contribution in [0.5, 0.6) is 0 Å². The van der Waals surface area contributed by atoms with Crippen LogP contribution in [0.4, 0.5) is 0 Å². The van der Waals surface area contributed by atoms with Gasteiger partial charge in [-0.1, -0.05) is 0 Å². The highest BCUT2D eigenvalue weighted by Crippen LogP contribution is 2.39. The molecule has 0 amide bonds. The molecular formula is C9H14O4. The van der Waals surface area contributed by atoms with Gasteiger partial charge in [0.15, 0.2) is 11.6 Å². The molecule has 1 N–H and O–H groups in total. The van der Waals surface area contributed by atoms with Gasteiger partial charge in [-0.2, -0.15) is 0 Å². The molecule has 2 aliphatic rings. The third kappa shape index (κ3) is 1.39. The van der Waals surface area contributed by atoms with Gasteiger partial charge in [0, 0.05) is 18.9 Å². The van der Waals surface area contributed by atoms with Crippen molar-refractivity contribution in [3.05, 3.63) is 0 Å². The van der Waals surface area contributed by atoms with Crippen LogP contribution in [0.25, 0.3) is 0 Å². The van der Waals surface area contributed by atoms with Crippen LogP contribution >= 0.6 is 0 Å². The molecular weight excluding hydrogens is 172 g/mol. The number of Topliss-reactive ketones (excluding diaryl/α,β-unsaturated/α-hetero) is 1. The zero-order valence-corrected chi connectivity index (χ0v) is 7.82. The van der Waals surface area contributed by atoms with Crippen LogP contribution in [-0.4, -0.2) is 35.5 Å². The van der Waals surface area contributed by atoms with Crippen molar-refractivity contribution in [3.63, 3.8) is 0 Å². The number of ether oxygens (including phenoxy) is 2. The Balaban J connectivity index is 2.17. The molecule has 1 aliphatic carbocycles. The minimum atomic E-state index is -0.682. The molecule has 0 spiro atoms. The lowest BCUT2D eigenvalue weighted by Gasteiger charge is -2.19. The van der Waals surface area contributed by atoms with Crippen LogP contribution in [0.1, 0.15) is 20.3 Å². The van der Waals surface area contributed by atoms with E-state index in [1.165, 1.54) is 0 Å². The first-order valence-electron chi connectivity index (χ1n) is 4.53. The molecule has 0 radical (unpaired) electrons. The second-order valence-corrected chi connectivity index (χ2v) is 4.13. The first-order valence-corrected chi connectivity index (χ1v) is 4.53. The van der Waals surface area contributed by atoms with E-state index in [0.29, 0.717) is 6.42 Å². The van der Waals surface area contributed by atoms with Crippen molar-refractivity contribution in [3.8, 4) is 0 Å². The largest absolute Gasteiger partial charge is 0.396 e. The van der Waals surface area contributed by atoms with E-state index in [2.05, 4.69) is 0 Å². The smallest absolute Gasteiger partial charge is 0.164 e. The average Bonchev–Trinajstić information content (AvgIpc) is 2.47. The molecule has 0 aromatic heterocycles. The van der Waals surface area contributed by atoms with Crippen molar-refractivity contribution in [1.82, 2.24) is 0 Å². The molecule has 74 valence electrons. The van der Waals surface area contributed by atoms with Crippen LogP contribution < -0.4 is 0 Å². The highest BCUT2D eigenvalue weighted by atomic mass is 16.8. The third-order valence-corrected chi connectivity index (χ3v) is 2.61. The van der Waals surface area contributed by atoms with E-state index in [9.17, 15) is 4.79 Å². The zero-order chi connectivity index (χ0) is 9.64. The number of aliphatic hydroxyl groups excluding tert-OH is 1. The standard InChI is InChI=1S/C9H14O4/c1-9(2)12-7-5(4-10)3-6(11)8(7)13-9/h5,7-8,10H,3-4H2,1-2H3/t5-,7+,8?/m1/s1. The molecule has 1 heterocycles. The zero-order valence-electron chi connectivity index (χ0n) is 7.82. The van der Waals surface area contributed by atoms with Crippen molar-refractivity contribution >= 4 is 5.78 Å². The summed E-state index contributed by atoms with van der Waals surface area (Å²) in [5.41, 5.74) is 0. The van der Waals surface area contributed by atoms with Gasteiger partial charge < -0.3 is 14.6 Å². The van der Waals surface area contributed by atoms with Gasteiger partial charge in [0.05, 0.1) is 6.10 Å². The maximum Gasteiger partial charge on any atom is 0.164 e. The predicted octanol–water partition coefficient (Wildman–Crippen LogP) is 0.0878. The Morgan fingerprint density at radius 2 is 2.23 bits per heavy atom. The van der Waals surface area contributed by atoms with E-state index in [-0.39, 0.29) is 24.4 Å².